The van der Waals surface area contributed by atoms with E-state index < -0.39 is 12.1 Å². The van der Waals surface area contributed by atoms with Gasteiger partial charge in [-0.3, -0.25) is 14.4 Å². The van der Waals surface area contributed by atoms with Gasteiger partial charge >= 0.3 is 0 Å². The molecule has 4 fully saturated rings. The molecule has 1 aromatic rings. The van der Waals surface area contributed by atoms with E-state index in [1.165, 1.54) is 0 Å². The largest absolute Gasteiger partial charge is 0.369 e. The van der Waals surface area contributed by atoms with Gasteiger partial charge in [-0.25, -0.2) is 0 Å². The molecule has 202 valence electrons. The highest BCUT2D eigenvalue weighted by Gasteiger charge is 2.49. The van der Waals surface area contributed by atoms with E-state index in [0.717, 1.165) is 57.5 Å². The molecule has 0 aromatic heterocycles. The number of likely N-dealkylation sites (tertiary alicyclic amines) is 1. The first kappa shape index (κ1) is 30.5. The summed E-state index contributed by atoms with van der Waals surface area (Å²) >= 11 is 0. The van der Waals surface area contributed by atoms with Gasteiger partial charge in [-0.05, 0) is 56.5 Å². The SMILES string of the molecule is C.CN1CCN(c2ccc(C(=O)N[C@H](C(=O)N3CC[C@H]4OCC(=O)[C@H]43)C3CCCC3)cc2)CC1.S.S. The zero-order valence-electron chi connectivity index (χ0n) is 20.4. The Balaban J connectivity index is 0.00000152. The number of nitrogens with zero attached hydrogens (tertiary/aromatic N) is 3. The molecule has 4 aliphatic rings. The lowest BCUT2D eigenvalue weighted by Crippen LogP contribution is -2.54. The van der Waals surface area contributed by atoms with Crippen LogP contribution < -0.4 is 10.2 Å². The zero-order chi connectivity index (χ0) is 22.9. The first-order valence-corrected chi connectivity index (χ1v) is 12.3. The Morgan fingerprint density at radius 3 is 2.25 bits per heavy atom. The fourth-order valence-corrected chi connectivity index (χ4v) is 5.80. The number of carbonyl (C=O) groups is 3. The van der Waals surface area contributed by atoms with E-state index in [-0.39, 0.29) is 70.6 Å². The van der Waals surface area contributed by atoms with E-state index in [2.05, 4.69) is 22.2 Å². The molecule has 1 N–H and O–H groups in total. The Hall–Kier alpha value is -1.75. The quantitative estimate of drug-likeness (QED) is 0.619. The average Bonchev–Trinajstić information content (AvgIpc) is 3.58. The number of fused-ring (bicyclic) bond motifs is 1. The molecule has 3 atom stereocenters. The summed E-state index contributed by atoms with van der Waals surface area (Å²) in [7, 11) is 2.13. The van der Waals surface area contributed by atoms with Gasteiger partial charge in [-0.2, -0.15) is 27.0 Å². The van der Waals surface area contributed by atoms with Crippen molar-refractivity contribution in [2.75, 3.05) is 51.3 Å². The van der Waals surface area contributed by atoms with Gasteiger partial charge in [0, 0.05) is 44.0 Å². The second-order valence-electron chi connectivity index (χ2n) is 9.91. The van der Waals surface area contributed by atoms with Crippen LogP contribution in [-0.4, -0.2) is 92.0 Å². The van der Waals surface area contributed by atoms with Crippen molar-refractivity contribution in [1.29, 1.82) is 0 Å². The zero-order valence-corrected chi connectivity index (χ0v) is 22.4. The van der Waals surface area contributed by atoms with E-state index in [1.807, 2.05) is 24.3 Å². The van der Waals surface area contributed by atoms with Crippen molar-refractivity contribution in [3.63, 3.8) is 0 Å². The number of rotatable bonds is 5. The number of Topliss-reactive ketones (excluding diaryl/α,β-unsaturated/α-hetero) is 1. The standard InChI is InChI=1S/C25H34N4O4.CH4.2H2S/c1-27-12-14-28(15-13-27)19-8-6-18(7-9-19)24(31)26-22(17-4-2-3-5-17)25(32)29-11-10-21-23(29)20(30)16-33-21;;;/h6-9,17,21-23H,2-5,10-16H2,1H3,(H,26,31);1H4;2*1H2/t21-,22+,23-;;;/m1.../s1. The van der Waals surface area contributed by atoms with Crippen LogP contribution in [0.4, 0.5) is 5.69 Å². The lowest BCUT2D eigenvalue weighted by Gasteiger charge is -2.34. The number of amides is 2. The summed E-state index contributed by atoms with van der Waals surface area (Å²) in [5.41, 5.74) is 1.68. The number of benzene rings is 1. The molecule has 2 amide bonds. The summed E-state index contributed by atoms with van der Waals surface area (Å²) in [6.07, 6.45) is 4.47. The van der Waals surface area contributed by atoms with Crippen LogP contribution in [0.25, 0.3) is 0 Å². The highest BCUT2D eigenvalue weighted by Crippen LogP contribution is 2.32. The minimum Gasteiger partial charge on any atom is -0.369 e. The summed E-state index contributed by atoms with van der Waals surface area (Å²) in [6, 6.07) is 6.60. The highest BCUT2D eigenvalue weighted by molar-refractivity contribution is 7.59. The van der Waals surface area contributed by atoms with E-state index >= 15 is 0 Å². The Labute approximate surface area is 229 Å². The Kier molecular flexibility index (Phi) is 11.1. The third-order valence-electron chi connectivity index (χ3n) is 7.82. The van der Waals surface area contributed by atoms with Crippen LogP contribution in [0.1, 0.15) is 49.9 Å². The van der Waals surface area contributed by atoms with E-state index in [1.54, 1.807) is 4.90 Å². The maximum atomic E-state index is 13.6. The number of piperazine rings is 1. The summed E-state index contributed by atoms with van der Waals surface area (Å²) < 4.78 is 5.55. The van der Waals surface area contributed by atoms with Crippen LogP contribution >= 0.6 is 27.0 Å². The van der Waals surface area contributed by atoms with Gasteiger partial charge in [0.1, 0.15) is 18.7 Å². The molecule has 3 aliphatic heterocycles. The number of hydrogen-bond donors (Lipinski definition) is 1. The van der Waals surface area contributed by atoms with Crippen molar-refractivity contribution < 1.29 is 19.1 Å². The molecule has 3 saturated heterocycles. The summed E-state index contributed by atoms with van der Waals surface area (Å²) in [5, 5.41) is 3.05. The Morgan fingerprint density at radius 1 is 0.972 bits per heavy atom. The molecule has 8 nitrogen and oxygen atoms in total. The van der Waals surface area contributed by atoms with Gasteiger partial charge in [0.2, 0.25) is 5.91 Å². The van der Waals surface area contributed by atoms with Gasteiger partial charge in [0.25, 0.3) is 5.91 Å². The number of likely N-dealkylation sites (N-methyl/N-ethyl adjacent to an activating group) is 1. The van der Waals surface area contributed by atoms with Crippen LogP contribution in [-0.2, 0) is 14.3 Å². The van der Waals surface area contributed by atoms with Gasteiger partial charge in [-0.1, -0.05) is 20.3 Å². The van der Waals surface area contributed by atoms with Crippen molar-refractivity contribution in [2.24, 2.45) is 5.92 Å². The number of hydrogen-bond acceptors (Lipinski definition) is 6. The predicted molar refractivity (Wildman–Crippen MR) is 152 cm³/mol. The van der Waals surface area contributed by atoms with E-state index in [0.29, 0.717) is 18.5 Å². The molecular weight excluding hydrogens is 496 g/mol. The second-order valence-corrected chi connectivity index (χ2v) is 9.91. The molecule has 3 heterocycles. The van der Waals surface area contributed by atoms with Crippen LogP contribution in [0.3, 0.4) is 0 Å². The molecule has 5 rings (SSSR count). The van der Waals surface area contributed by atoms with Gasteiger partial charge in [0.15, 0.2) is 5.78 Å². The minimum atomic E-state index is -0.593. The molecule has 1 aliphatic carbocycles. The third kappa shape index (κ3) is 6.20. The molecule has 10 heteroatoms. The van der Waals surface area contributed by atoms with E-state index in [9.17, 15) is 14.4 Å². The third-order valence-corrected chi connectivity index (χ3v) is 7.82. The minimum absolute atomic E-state index is 0. The first-order chi connectivity index (χ1) is 16.0. The average molecular weight is 539 g/mol. The van der Waals surface area contributed by atoms with Crippen LogP contribution in [0.15, 0.2) is 24.3 Å². The molecule has 1 aromatic carbocycles. The maximum Gasteiger partial charge on any atom is 0.251 e. The molecule has 1 saturated carbocycles. The van der Waals surface area contributed by atoms with Crippen molar-refractivity contribution in [3.8, 4) is 0 Å². The first-order valence-electron chi connectivity index (χ1n) is 12.3. The Bertz CT molecular complexity index is 902. The maximum absolute atomic E-state index is 13.6. The Morgan fingerprint density at radius 2 is 1.61 bits per heavy atom. The van der Waals surface area contributed by atoms with Crippen molar-refractivity contribution in [3.05, 3.63) is 29.8 Å². The normalized spacial score (nSPS) is 24.9. The molecular formula is C26H42N4O4S2. The van der Waals surface area contributed by atoms with Crippen LogP contribution in [0, 0.1) is 5.92 Å². The van der Waals surface area contributed by atoms with E-state index in [4.69, 9.17) is 4.74 Å². The van der Waals surface area contributed by atoms with Crippen LogP contribution in [0.2, 0.25) is 0 Å². The predicted octanol–water partition coefficient (Wildman–Crippen LogP) is 2.16. The summed E-state index contributed by atoms with van der Waals surface area (Å²) in [6.45, 7) is 4.60. The lowest BCUT2D eigenvalue weighted by atomic mass is 9.95. The highest BCUT2D eigenvalue weighted by atomic mass is 32.1. The number of nitrogens with one attached hydrogen (secondary N) is 1. The molecule has 36 heavy (non-hydrogen) atoms. The summed E-state index contributed by atoms with van der Waals surface area (Å²) in [4.78, 5) is 45.4. The lowest BCUT2D eigenvalue weighted by molar-refractivity contribution is -0.139. The fourth-order valence-electron chi connectivity index (χ4n) is 5.80. The topological polar surface area (TPSA) is 82.2 Å². The second kappa shape index (κ2) is 13.2. The fraction of sp³-hybridized carbons (Fsp3) is 0.654. The van der Waals surface area contributed by atoms with Crippen molar-refractivity contribution >= 4 is 50.3 Å². The van der Waals surface area contributed by atoms with Crippen LogP contribution in [0.5, 0.6) is 0 Å². The molecule has 0 spiro atoms. The molecule has 0 bridgehead atoms. The smallest absolute Gasteiger partial charge is 0.251 e. The molecule has 0 unspecified atom stereocenters. The monoisotopic (exact) mass is 538 g/mol. The number of carbonyl (C=O) groups excluding carboxylic acids is 3. The number of ether oxygens (including phenoxy) is 1. The number of ketones is 1. The van der Waals surface area contributed by atoms with Crippen molar-refractivity contribution in [2.45, 2.75) is 57.7 Å². The number of anilines is 1. The van der Waals surface area contributed by atoms with Gasteiger partial charge < -0.3 is 24.8 Å². The van der Waals surface area contributed by atoms with Gasteiger partial charge in [0.05, 0.1) is 6.10 Å². The summed E-state index contributed by atoms with van der Waals surface area (Å²) in [5.74, 6) is -0.269. The van der Waals surface area contributed by atoms with Gasteiger partial charge in [-0.15, -0.1) is 0 Å². The van der Waals surface area contributed by atoms with Crippen molar-refractivity contribution in [1.82, 2.24) is 15.1 Å². The molecule has 0 radical (unpaired) electrons.